The zero-order valence-electron chi connectivity index (χ0n) is 11.3. The number of ether oxygens (including phenoxy) is 1. The van der Waals surface area contributed by atoms with Gasteiger partial charge in [0.15, 0.2) is 0 Å². The zero-order chi connectivity index (χ0) is 13.8. The Balaban J connectivity index is 2.48. The minimum Gasteiger partial charge on any atom is -0.496 e. The molecule has 4 nitrogen and oxygen atoms in total. The highest BCUT2D eigenvalue weighted by molar-refractivity contribution is 5.63. The van der Waals surface area contributed by atoms with Crippen LogP contribution in [0.4, 0.5) is 0 Å². The van der Waals surface area contributed by atoms with E-state index in [9.17, 15) is 0 Å². The van der Waals surface area contributed by atoms with Gasteiger partial charge in [0.05, 0.1) is 25.3 Å². The van der Waals surface area contributed by atoms with Crippen molar-refractivity contribution in [2.24, 2.45) is 0 Å². The van der Waals surface area contributed by atoms with Gasteiger partial charge in [-0.3, -0.25) is 0 Å². The van der Waals surface area contributed by atoms with Gasteiger partial charge in [0, 0.05) is 11.8 Å². The summed E-state index contributed by atoms with van der Waals surface area (Å²) in [4.78, 5) is 8.47. The molecule has 0 saturated carbocycles. The van der Waals surface area contributed by atoms with E-state index < -0.39 is 0 Å². The normalized spacial score (nSPS) is 10.0. The van der Waals surface area contributed by atoms with Crippen LogP contribution in [0.2, 0.25) is 0 Å². The van der Waals surface area contributed by atoms with Gasteiger partial charge in [-0.2, -0.15) is 5.26 Å². The molecule has 1 heterocycles. The highest BCUT2D eigenvalue weighted by Crippen LogP contribution is 2.28. The first-order valence-electron chi connectivity index (χ1n) is 6.00. The van der Waals surface area contributed by atoms with Crippen molar-refractivity contribution in [2.45, 2.75) is 20.3 Å². The largest absolute Gasteiger partial charge is 0.496 e. The lowest BCUT2D eigenvalue weighted by Gasteiger charge is -2.11. The van der Waals surface area contributed by atoms with E-state index >= 15 is 0 Å². The Hall–Kier alpha value is -2.41. The van der Waals surface area contributed by atoms with Crippen molar-refractivity contribution in [1.29, 1.82) is 5.26 Å². The third-order valence-electron chi connectivity index (χ3n) is 2.90. The van der Waals surface area contributed by atoms with E-state index in [1.54, 1.807) is 13.3 Å². The summed E-state index contributed by atoms with van der Waals surface area (Å²) in [5, 5.41) is 8.69. The Labute approximate surface area is 112 Å². The topological polar surface area (TPSA) is 58.8 Å². The van der Waals surface area contributed by atoms with Crippen molar-refractivity contribution in [3.05, 3.63) is 41.3 Å². The molecule has 1 aromatic carbocycles. The van der Waals surface area contributed by atoms with Gasteiger partial charge in [-0.05, 0) is 43.2 Å². The van der Waals surface area contributed by atoms with Gasteiger partial charge in [0.2, 0.25) is 0 Å². The molecule has 0 aliphatic heterocycles. The molecule has 4 heteroatoms. The first-order valence-corrected chi connectivity index (χ1v) is 6.00. The number of rotatable bonds is 3. The molecule has 19 heavy (non-hydrogen) atoms. The third kappa shape index (κ3) is 2.71. The van der Waals surface area contributed by atoms with Gasteiger partial charge in [0.25, 0.3) is 0 Å². The molecule has 0 unspecified atom stereocenters. The first kappa shape index (κ1) is 13.0. The molecule has 0 saturated heterocycles. The molecule has 0 aliphatic carbocycles. The number of aryl methyl sites for hydroxylation is 2. The van der Waals surface area contributed by atoms with Crippen LogP contribution in [0.5, 0.6) is 5.75 Å². The minimum absolute atomic E-state index is 0.224. The first-order chi connectivity index (χ1) is 9.15. The summed E-state index contributed by atoms with van der Waals surface area (Å²) in [5.41, 5.74) is 3.97. The lowest BCUT2D eigenvalue weighted by atomic mass is 10.0. The van der Waals surface area contributed by atoms with E-state index in [4.69, 9.17) is 10.00 Å². The van der Waals surface area contributed by atoms with Crippen molar-refractivity contribution in [3.8, 4) is 23.1 Å². The second-order valence-corrected chi connectivity index (χ2v) is 4.34. The second kappa shape index (κ2) is 5.49. The van der Waals surface area contributed by atoms with Crippen LogP contribution < -0.4 is 4.74 Å². The van der Waals surface area contributed by atoms with Gasteiger partial charge >= 0.3 is 0 Å². The SMILES string of the molecule is COc1c(C)cc(-c2ccnc(CC#N)n2)cc1C. The summed E-state index contributed by atoms with van der Waals surface area (Å²) in [7, 11) is 1.67. The standard InChI is InChI=1S/C15H15N3O/c1-10-8-12(9-11(2)15(10)19-3)13-5-7-17-14(18-13)4-6-16/h5,7-9H,4H2,1-3H3. The maximum Gasteiger partial charge on any atom is 0.142 e. The summed E-state index contributed by atoms with van der Waals surface area (Å²) in [6.45, 7) is 4.01. The molecular weight excluding hydrogens is 238 g/mol. The van der Waals surface area contributed by atoms with Gasteiger partial charge in [-0.25, -0.2) is 9.97 Å². The molecule has 0 amide bonds. The molecule has 0 atom stereocenters. The van der Waals surface area contributed by atoms with Crippen LogP contribution in [0.3, 0.4) is 0 Å². The Morgan fingerprint density at radius 3 is 2.53 bits per heavy atom. The number of hydrogen-bond donors (Lipinski definition) is 0. The number of benzene rings is 1. The van der Waals surface area contributed by atoms with Crippen LogP contribution in [0.25, 0.3) is 11.3 Å². The van der Waals surface area contributed by atoms with Crippen LogP contribution in [0.15, 0.2) is 24.4 Å². The van der Waals surface area contributed by atoms with E-state index in [1.807, 2.05) is 32.0 Å². The fourth-order valence-corrected chi connectivity index (χ4v) is 2.14. The van der Waals surface area contributed by atoms with E-state index in [-0.39, 0.29) is 6.42 Å². The smallest absolute Gasteiger partial charge is 0.142 e. The summed E-state index contributed by atoms with van der Waals surface area (Å²) >= 11 is 0. The predicted octanol–water partition coefficient (Wildman–Crippen LogP) is 2.84. The molecular formula is C15H15N3O. The number of aromatic nitrogens is 2. The average molecular weight is 253 g/mol. The molecule has 1 aromatic heterocycles. The predicted molar refractivity (Wildman–Crippen MR) is 72.8 cm³/mol. The molecule has 0 N–H and O–H groups in total. The van der Waals surface area contributed by atoms with Gasteiger partial charge in [0.1, 0.15) is 11.6 Å². The van der Waals surface area contributed by atoms with E-state index in [0.29, 0.717) is 5.82 Å². The van der Waals surface area contributed by atoms with Crippen LogP contribution in [0, 0.1) is 25.2 Å². The lowest BCUT2D eigenvalue weighted by molar-refractivity contribution is 0.408. The maximum atomic E-state index is 8.69. The fraction of sp³-hybridized carbons (Fsp3) is 0.267. The molecule has 2 rings (SSSR count). The Morgan fingerprint density at radius 2 is 1.95 bits per heavy atom. The number of hydrogen-bond acceptors (Lipinski definition) is 4. The monoisotopic (exact) mass is 253 g/mol. The quantitative estimate of drug-likeness (QED) is 0.844. The Morgan fingerprint density at radius 1 is 1.26 bits per heavy atom. The highest BCUT2D eigenvalue weighted by atomic mass is 16.5. The van der Waals surface area contributed by atoms with E-state index in [2.05, 4.69) is 16.0 Å². The van der Waals surface area contributed by atoms with Crippen molar-refractivity contribution >= 4 is 0 Å². The van der Waals surface area contributed by atoms with Crippen LogP contribution in [0.1, 0.15) is 17.0 Å². The van der Waals surface area contributed by atoms with E-state index in [0.717, 1.165) is 28.1 Å². The molecule has 96 valence electrons. The van der Waals surface area contributed by atoms with E-state index in [1.165, 1.54) is 0 Å². The highest BCUT2D eigenvalue weighted by Gasteiger charge is 2.08. The van der Waals surface area contributed by atoms with Crippen LogP contribution in [-0.4, -0.2) is 17.1 Å². The van der Waals surface area contributed by atoms with Gasteiger partial charge in [-0.1, -0.05) is 0 Å². The minimum atomic E-state index is 0.224. The maximum absolute atomic E-state index is 8.69. The summed E-state index contributed by atoms with van der Waals surface area (Å²) in [5.74, 6) is 1.45. The molecule has 0 aliphatic rings. The average Bonchev–Trinajstić information content (AvgIpc) is 2.39. The van der Waals surface area contributed by atoms with Crippen molar-refractivity contribution in [1.82, 2.24) is 9.97 Å². The van der Waals surface area contributed by atoms with Crippen molar-refractivity contribution < 1.29 is 4.74 Å². The van der Waals surface area contributed by atoms with Gasteiger partial charge < -0.3 is 4.74 Å². The fourth-order valence-electron chi connectivity index (χ4n) is 2.14. The Bertz CT molecular complexity index is 621. The summed E-state index contributed by atoms with van der Waals surface area (Å²) < 4.78 is 5.35. The lowest BCUT2D eigenvalue weighted by Crippen LogP contribution is -1.97. The van der Waals surface area contributed by atoms with Crippen molar-refractivity contribution in [3.63, 3.8) is 0 Å². The Kier molecular flexibility index (Phi) is 3.76. The summed E-state index contributed by atoms with van der Waals surface area (Å²) in [6, 6.07) is 7.97. The molecule has 2 aromatic rings. The van der Waals surface area contributed by atoms with Gasteiger partial charge in [-0.15, -0.1) is 0 Å². The summed E-state index contributed by atoms with van der Waals surface area (Å²) in [6.07, 6.45) is 1.91. The number of methoxy groups -OCH3 is 1. The number of nitrogens with zero attached hydrogens (tertiary/aromatic N) is 3. The molecule has 0 radical (unpaired) electrons. The zero-order valence-corrected chi connectivity index (χ0v) is 11.3. The molecule has 0 spiro atoms. The second-order valence-electron chi connectivity index (χ2n) is 4.34. The van der Waals surface area contributed by atoms with Crippen molar-refractivity contribution in [2.75, 3.05) is 7.11 Å². The molecule has 0 bridgehead atoms. The number of nitriles is 1. The van der Waals surface area contributed by atoms with Crippen LogP contribution in [-0.2, 0) is 6.42 Å². The molecule has 0 fully saturated rings. The van der Waals surface area contributed by atoms with Crippen LogP contribution >= 0.6 is 0 Å². The third-order valence-corrected chi connectivity index (χ3v) is 2.90.